The summed E-state index contributed by atoms with van der Waals surface area (Å²) < 4.78 is 41.6. The van der Waals surface area contributed by atoms with Crippen LogP contribution >= 0.6 is 0 Å². The highest BCUT2D eigenvalue weighted by molar-refractivity contribution is 5.71. The molecule has 0 bridgehead atoms. The Labute approximate surface area is 223 Å². The van der Waals surface area contributed by atoms with Gasteiger partial charge in [0.1, 0.15) is 18.2 Å². The Balaban J connectivity index is 1.67. The molecule has 1 saturated carbocycles. The minimum absolute atomic E-state index is 0.0588. The van der Waals surface area contributed by atoms with Crippen molar-refractivity contribution in [3.63, 3.8) is 0 Å². The SMILES string of the molecule is CCC(CC(=O)O)c1cccc(OCc2ccc(-c3cc(OC)ccc3F)c(C3CCCC3(C)C)c2)c1F. The van der Waals surface area contributed by atoms with Crippen LogP contribution in [0.1, 0.15) is 81.4 Å². The van der Waals surface area contributed by atoms with Crippen LogP contribution in [0.3, 0.4) is 0 Å². The molecule has 1 aliphatic rings. The summed E-state index contributed by atoms with van der Waals surface area (Å²) in [6.07, 6.45) is 3.57. The maximum atomic E-state index is 15.3. The number of aliphatic carboxylic acids is 1. The molecular formula is C32H36F2O4. The summed E-state index contributed by atoms with van der Waals surface area (Å²) in [5.74, 6) is -1.29. The fraction of sp³-hybridized carbons (Fsp3) is 0.406. The lowest BCUT2D eigenvalue weighted by Crippen LogP contribution is -2.17. The third kappa shape index (κ3) is 5.85. The van der Waals surface area contributed by atoms with Gasteiger partial charge >= 0.3 is 5.97 Å². The first-order chi connectivity index (χ1) is 18.1. The van der Waals surface area contributed by atoms with Gasteiger partial charge in [0.15, 0.2) is 11.6 Å². The Morgan fingerprint density at radius 2 is 1.89 bits per heavy atom. The molecule has 4 rings (SSSR count). The minimum atomic E-state index is -0.961. The van der Waals surface area contributed by atoms with Crippen LogP contribution in [0.5, 0.6) is 11.5 Å². The monoisotopic (exact) mass is 522 g/mol. The van der Waals surface area contributed by atoms with Gasteiger partial charge in [0.05, 0.1) is 13.5 Å². The molecule has 0 spiro atoms. The number of carboxylic acid groups (broad SMARTS) is 1. The predicted molar refractivity (Wildman–Crippen MR) is 145 cm³/mol. The second-order valence-corrected chi connectivity index (χ2v) is 10.9. The third-order valence-corrected chi connectivity index (χ3v) is 7.95. The van der Waals surface area contributed by atoms with Gasteiger partial charge in [-0.2, -0.15) is 0 Å². The highest BCUT2D eigenvalue weighted by atomic mass is 19.1. The first-order valence-electron chi connectivity index (χ1n) is 13.2. The van der Waals surface area contributed by atoms with Crippen molar-refractivity contribution in [2.75, 3.05) is 7.11 Å². The maximum Gasteiger partial charge on any atom is 0.303 e. The van der Waals surface area contributed by atoms with Crippen molar-refractivity contribution >= 4 is 5.97 Å². The van der Waals surface area contributed by atoms with E-state index in [0.29, 0.717) is 23.3 Å². The topological polar surface area (TPSA) is 55.8 Å². The number of benzene rings is 3. The van der Waals surface area contributed by atoms with E-state index >= 15 is 8.78 Å². The number of carbonyl (C=O) groups is 1. The van der Waals surface area contributed by atoms with E-state index in [1.807, 2.05) is 19.1 Å². The van der Waals surface area contributed by atoms with Crippen LogP contribution < -0.4 is 9.47 Å². The van der Waals surface area contributed by atoms with Gasteiger partial charge in [0.2, 0.25) is 0 Å². The summed E-state index contributed by atoms with van der Waals surface area (Å²) in [5.41, 5.74) is 3.66. The molecule has 0 saturated heterocycles. The summed E-state index contributed by atoms with van der Waals surface area (Å²) in [4.78, 5) is 11.2. The zero-order valence-corrected chi connectivity index (χ0v) is 22.5. The van der Waals surface area contributed by atoms with Crippen LogP contribution in [0.15, 0.2) is 54.6 Å². The van der Waals surface area contributed by atoms with Crippen molar-refractivity contribution in [1.82, 2.24) is 0 Å². The molecule has 3 aromatic rings. The lowest BCUT2D eigenvalue weighted by molar-refractivity contribution is -0.137. The van der Waals surface area contributed by atoms with Gasteiger partial charge < -0.3 is 14.6 Å². The number of rotatable bonds is 10. The van der Waals surface area contributed by atoms with Crippen LogP contribution in [-0.2, 0) is 11.4 Å². The molecule has 3 aromatic carbocycles. The second kappa shape index (κ2) is 11.5. The maximum absolute atomic E-state index is 15.3. The summed E-state index contributed by atoms with van der Waals surface area (Å²) in [6, 6.07) is 15.5. The van der Waals surface area contributed by atoms with E-state index in [0.717, 1.165) is 36.0 Å². The van der Waals surface area contributed by atoms with Gasteiger partial charge in [0, 0.05) is 5.56 Å². The molecule has 1 N–H and O–H groups in total. The Kier molecular flexibility index (Phi) is 8.39. The minimum Gasteiger partial charge on any atom is -0.497 e. The summed E-state index contributed by atoms with van der Waals surface area (Å²) >= 11 is 0. The molecule has 2 unspecified atom stereocenters. The van der Waals surface area contributed by atoms with Crippen molar-refractivity contribution in [2.24, 2.45) is 5.41 Å². The van der Waals surface area contributed by atoms with Crippen molar-refractivity contribution in [2.45, 2.75) is 71.3 Å². The quantitative estimate of drug-likeness (QED) is 0.290. The zero-order valence-electron chi connectivity index (χ0n) is 22.5. The molecule has 1 aliphatic carbocycles. The van der Waals surface area contributed by atoms with Gasteiger partial charge in [0.25, 0.3) is 0 Å². The Bertz CT molecular complexity index is 1300. The van der Waals surface area contributed by atoms with E-state index in [4.69, 9.17) is 9.47 Å². The van der Waals surface area contributed by atoms with E-state index in [1.165, 1.54) is 6.07 Å². The van der Waals surface area contributed by atoms with E-state index in [9.17, 15) is 9.90 Å². The normalized spacial score (nSPS) is 17.3. The molecular weight excluding hydrogens is 486 g/mol. The first kappa shape index (κ1) is 27.6. The summed E-state index contributed by atoms with van der Waals surface area (Å²) in [5, 5.41) is 9.21. The number of hydrogen-bond donors (Lipinski definition) is 1. The lowest BCUT2D eigenvalue weighted by atomic mass is 9.75. The number of ether oxygens (including phenoxy) is 2. The molecule has 1 fully saturated rings. The highest BCUT2D eigenvalue weighted by Crippen LogP contribution is 2.51. The van der Waals surface area contributed by atoms with Gasteiger partial charge in [-0.3, -0.25) is 4.79 Å². The van der Waals surface area contributed by atoms with Crippen molar-refractivity contribution < 1.29 is 28.2 Å². The second-order valence-electron chi connectivity index (χ2n) is 10.9. The Morgan fingerprint density at radius 1 is 1.11 bits per heavy atom. The van der Waals surface area contributed by atoms with Crippen molar-refractivity contribution in [1.29, 1.82) is 0 Å². The van der Waals surface area contributed by atoms with Crippen LogP contribution in [0.25, 0.3) is 11.1 Å². The van der Waals surface area contributed by atoms with E-state index in [2.05, 4.69) is 19.9 Å². The zero-order chi connectivity index (χ0) is 27.4. The van der Waals surface area contributed by atoms with Gasteiger partial charge in [-0.1, -0.05) is 57.5 Å². The van der Waals surface area contributed by atoms with Crippen molar-refractivity contribution in [3.05, 3.63) is 82.9 Å². The number of carboxylic acids is 1. The van der Waals surface area contributed by atoms with Crippen molar-refractivity contribution in [3.8, 4) is 22.6 Å². The van der Waals surface area contributed by atoms with E-state index in [-0.39, 0.29) is 35.9 Å². The van der Waals surface area contributed by atoms with Gasteiger partial charge in [-0.25, -0.2) is 8.78 Å². The Hall–Kier alpha value is -3.41. The predicted octanol–water partition coefficient (Wildman–Crippen LogP) is 8.48. The van der Waals surface area contributed by atoms with Gasteiger partial charge in [-0.05, 0) is 83.0 Å². The first-order valence-corrected chi connectivity index (χ1v) is 13.2. The summed E-state index contributed by atoms with van der Waals surface area (Å²) in [6.45, 7) is 6.49. The molecule has 0 aromatic heterocycles. The molecule has 0 aliphatic heterocycles. The van der Waals surface area contributed by atoms with E-state index in [1.54, 1.807) is 37.4 Å². The number of methoxy groups -OCH3 is 1. The largest absolute Gasteiger partial charge is 0.497 e. The molecule has 0 heterocycles. The molecule has 202 valence electrons. The standard InChI is InChI=1S/C32H36F2O4/c1-5-21(17-30(35)36)23-8-6-10-29(31(23)34)38-19-20-11-13-24(26-18-22(37-4)12-14-28(26)33)25(16-20)27-9-7-15-32(27,2)3/h6,8,10-14,16,18,21,27H,5,7,9,15,17,19H2,1-4H3,(H,35,36). The highest BCUT2D eigenvalue weighted by Gasteiger charge is 2.37. The lowest BCUT2D eigenvalue weighted by Gasteiger charge is -2.30. The third-order valence-electron chi connectivity index (χ3n) is 7.95. The summed E-state index contributed by atoms with van der Waals surface area (Å²) in [7, 11) is 1.57. The molecule has 6 heteroatoms. The average molecular weight is 523 g/mol. The molecule has 0 radical (unpaired) electrons. The molecule has 4 nitrogen and oxygen atoms in total. The van der Waals surface area contributed by atoms with E-state index < -0.39 is 17.7 Å². The van der Waals surface area contributed by atoms with Crippen LogP contribution in [0.4, 0.5) is 8.78 Å². The smallest absolute Gasteiger partial charge is 0.303 e. The molecule has 38 heavy (non-hydrogen) atoms. The number of hydrogen-bond acceptors (Lipinski definition) is 3. The Morgan fingerprint density at radius 3 is 2.55 bits per heavy atom. The van der Waals surface area contributed by atoms with Crippen LogP contribution in [0, 0.1) is 17.0 Å². The fourth-order valence-electron chi connectivity index (χ4n) is 5.78. The molecule has 0 amide bonds. The number of halogens is 2. The van der Waals surface area contributed by atoms with Crippen LogP contribution in [0.2, 0.25) is 0 Å². The fourth-order valence-corrected chi connectivity index (χ4v) is 5.78. The molecule has 2 atom stereocenters. The van der Waals surface area contributed by atoms with Crippen LogP contribution in [-0.4, -0.2) is 18.2 Å². The average Bonchev–Trinajstić information content (AvgIpc) is 3.25. The van der Waals surface area contributed by atoms with Gasteiger partial charge in [-0.15, -0.1) is 0 Å².